The molecule has 0 unspecified atom stereocenters. The van der Waals surface area contributed by atoms with E-state index in [1.807, 2.05) is 39.8 Å². The van der Waals surface area contributed by atoms with Gasteiger partial charge in [0.15, 0.2) is 0 Å². The summed E-state index contributed by atoms with van der Waals surface area (Å²) in [7, 11) is 1.42. The van der Waals surface area contributed by atoms with Crippen LogP contribution in [-0.4, -0.2) is 23.8 Å². The molecule has 0 aliphatic carbocycles. The van der Waals surface area contributed by atoms with Crippen molar-refractivity contribution in [3.63, 3.8) is 0 Å². The number of carbonyl (C=O) groups excluding carboxylic acids is 1. The zero-order chi connectivity index (χ0) is 13.1. The number of aryl methyl sites for hydroxylation is 2. The van der Waals surface area contributed by atoms with Crippen molar-refractivity contribution >= 4 is 17.7 Å². The van der Waals surface area contributed by atoms with Crippen LogP contribution in [0.5, 0.6) is 0 Å². The number of hydrogen-bond acceptors (Lipinski definition) is 4. The van der Waals surface area contributed by atoms with E-state index in [0.717, 1.165) is 10.7 Å². The fourth-order valence-corrected chi connectivity index (χ4v) is 2.57. The second kappa shape index (κ2) is 5.54. The lowest BCUT2D eigenvalue weighted by Gasteiger charge is -2.20. The van der Waals surface area contributed by atoms with E-state index < -0.39 is 5.41 Å². The van der Waals surface area contributed by atoms with Crippen LogP contribution in [0, 0.1) is 19.3 Å². The van der Waals surface area contributed by atoms with Gasteiger partial charge in [0.2, 0.25) is 0 Å². The van der Waals surface area contributed by atoms with E-state index >= 15 is 0 Å². The summed E-state index contributed by atoms with van der Waals surface area (Å²) in [4.78, 5) is 16.0. The molecular formula is C13H19NO2S. The molecule has 4 heteroatoms. The fraction of sp³-hybridized carbons (Fsp3) is 0.538. The smallest absolute Gasteiger partial charge is 0.312 e. The maximum Gasteiger partial charge on any atom is 0.312 e. The Morgan fingerprint density at radius 3 is 2.59 bits per heavy atom. The van der Waals surface area contributed by atoms with Gasteiger partial charge < -0.3 is 4.74 Å². The summed E-state index contributed by atoms with van der Waals surface area (Å²) in [6.07, 6.45) is 0. The fourth-order valence-electron chi connectivity index (χ4n) is 1.47. The Hall–Kier alpha value is -1.03. The monoisotopic (exact) mass is 253 g/mol. The standard InChI is InChI=1S/C13H19NO2S/c1-9-6-10(2)14-11(7-9)17-8-13(3,4)12(15)16-5/h6-7H,8H2,1-5H3. The molecule has 0 atom stereocenters. The zero-order valence-electron chi connectivity index (χ0n) is 11.0. The molecule has 0 saturated carbocycles. The van der Waals surface area contributed by atoms with Crippen LogP contribution in [0.3, 0.4) is 0 Å². The highest BCUT2D eigenvalue weighted by Gasteiger charge is 2.28. The number of methoxy groups -OCH3 is 1. The number of esters is 1. The van der Waals surface area contributed by atoms with Gasteiger partial charge in [0.1, 0.15) is 0 Å². The van der Waals surface area contributed by atoms with Crippen molar-refractivity contribution in [3.05, 3.63) is 23.4 Å². The average molecular weight is 253 g/mol. The Balaban J connectivity index is 2.70. The maximum absolute atomic E-state index is 11.5. The molecule has 1 aromatic heterocycles. The van der Waals surface area contributed by atoms with Crippen molar-refractivity contribution in [2.45, 2.75) is 32.7 Å². The van der Waals surface area contributed by atoms with E-state index in [-0.39, 0.29) is 5.97 Å². The molecule has 0 saturated heterocycles. The van der Waals surface area contributed by atoms with Crippen LogP contribution in [0.4, 0.5) is 0 Å². The predicted octanol–water partition coefficient (Wildman–Crippen LogP) is 2.99. The Bertz CT molecular complexity index is 396. The van der Waals surface area contributed by atoms with Gasteiger partial charge >= 0.3 is 5.97 Å². The lowest BCUT2D eigenvalue weighted by atomic mass is 9.97. The van der Waals surface area contributed by atoms with Crippen LogP contribution >= 0.6 is 11.8 Å². The van der Waals surface area contributed by atoms with Gasteiger partial charge in [0.25, 0.3) is 0 Å². The molecule has 0 fully saturated rings. The van der Waals surface area contributed by atoms with Gasteiger partial charge in [-0.3, -0.25) is 4.79 Å². The van der Waals surface area contributed by atoms with Crippen LogP contribution in [-0.2, 0) is 9.53 Å². The predicted molar refractivity (Wildman–Crippen MR) is 70.2 cm³/mol. The van der Waals surface area contributed by atoms with E-state index in [1.165, 1.54) is 12.7 Å². The molecule has 0 aliphatic rings. The SMILES string of the molecule is COC(=O)C(C)(C)CSc1cc(C)cc(C)n1. The van der Waals surface area contributed by atoms with Crippen LogP contribution < -0.4 is 0 Å². The molecule has 94 valence electrons. The lowest BCUT2D eigenvalue weighted by molar-refractivity contribution is -0.149. The number of rotatable bonds is 4. The number of nitrogens with zero attached hydrogens (tertiary/aromatic N) is 1. The van der Waals surface area contributed by atoms with Crippen molar-refractivity contribution in [2.75, 3.05) is 12.9 Å². The molecule has 0 bridgehead atoms. The van der Waals surface area contributed by atoms with E-state index in [9.17, 15) is 4.79 Å². The summed E-state index contributed by atoms with van der Waals surface area (Å²) < 4.78 is 4.78. The molecule has 0 radical (unpaired) electrons. The highest BCUT2D eigenvalue weighted by Crippen LogP contribution is 2.28. The number of carbonyl (C=O) groups is 1. The van der Waals surface area contributed by atoms with E-state index in [4.69, 9.17) is 4.74 Å². The Kier molecular flexibility index (Phi) is 4.57. The third-order valence-electron chi connectivity index (χ3n) is 2.39. The number of hydrogen-bond donors (Lipinski definition) is 0. The van der Waals surface area contributed by atoms with Crippen LogP contribution in [0.2, 0.25) is 0 Å². The van der Waals surface area contributed by atoms with Crippen molar-refractivity contribution in [3.8, 4) is 0 Å². The lowest BCUT2D eigenvalue weighted by Crippen LogP contribution is -2.28. The summed E-state index contributed by atoms with van der Waals surface area (Å²) in [5.74, 6) is 0.477. The zero-order valence-corrected chi connectivity index (χ0v) is 11.9. The van der Waals surface area contributed by atoms with Crippen LogP contribution in [0.25, 0.3) is 0 Å². The minimum Gasteiger partial charge on any atom is -0.469 e. The molecule has 3 nitrogen and oxygen atoms in total. The van der Waals surface area contributed by atoms with E-state index in [1.54, 1.807) is 11.8 Å². The molecule has 17 heavy (non-hydrogen) atoms. The first-order chi connectivity index (χ1) is 7.85. The van der Waals surface area contributed by atoms with Gasteiger partial charge in [-0.05, 0) is 45.4 Å². The second-order valence-corrected chi connectivity index (χ2v) is 5.78. The summed E-state index contributed by atoms with van der Waals surface area (Å²) >= 11 is 1.59. The van der Waals surface area contributed by atoms with Gasteiger partial charge in [-0.2, -0.15) is 0 Å². The van der Waals surface area contributed by atoms with Gasteiger partial charge in [0.05, 0.1) is 17.6 Å². The Labute approximate surface area is 107 Å². The summed E-state index contributed by atoms with van der Waals surface area (Å²) in [6.45, 7) is 7.79. The number of aromatic nitrogens is 1. The van der Waals surface area contributed by atoms with Crippen molar-refractivity contribution in [1.29, 1.82) is 0 Å². The van der Waals surface area contributed by atoms with Crippen LogP contribution in [0.15, 0.2) is 17.2 Å². The minimum absolute atomic E-state index is 0.186. The Morgan fingerprint density at radius 2 is 2.06 bits per heavy atom. The molecule has 0 amide bonds. The van der Waals surface area contributed by atoms with Crippen LogP contribution in [0.1, 0.15) is 25.1 Å². The highest BCUT2D eigenvalue weighted by atomic mass is 32.2. The first-order valence-corrected chi connectivity index (χ1v) is 6.50. The van der Waals surface area contributed by atoms with Gasteiger partial charge in [0, 0.05) is 11.4 Å². The molecule has 0 spiro atoms. The molecular weight excluding hydrogens is 234 g/mol. The summed E-state index contributed by atoms with van der Waals surface area (Å²) in [6, 6.07) is 4.07. The first-order valence-electron chi connectivity index (χ1n) is 5.51. The van der Waals surface area contributed by atoms with Gasteiger partial charge in [-0.1, -0.05) is 0 Å². The summed E-state index contributed by atoms with van der Waals surface area (Å²) in [5, 5.41) is 0.958. The largest absolute Gasteiger partial charge is 0.469 e. The van der Waals surface area contributed by atoms with E-state index in [2.05, 4.69) is 4.98 Å². The average Bonchev–Trinajstić information content (AvgIpc) is 2.24. The Morgan fingerprint density at radius 1 is 1.41 bits per heavy atom. The topological polar surface area (TPSA) is 39.2 Å². The third-order valence-corrected chi connectivity index (χ3v) is 3.76. The van der Waals surface area contributed by atoms with Crippen molar-refractivity contribution < 1.29 is 9.53 Å². The molecule has 1 heterocycles. The molecule has 0 N–H and O–H groups in total. The minimum atomic E-state index is -0.487. The normalized spacial score (nSPS) is 11.4. The third kappa shape index (κ3) is 4.04. The number of pyridine rings is 1. The first kappa shape index (κ1) is 14.0. The number of thioether (sulfide) groups is 1. The molecule has 1 aromatic rings. The number of ether oxygens (including phenoxy) is 1. The highest BCUT2D eigenvalue weighted by molar-refractivity contribution is 7.99. The molecule has 1 rings (SSSR count). The van der Waals surface area contributed by atoms with E-state index in [0.29, 0.717) is 5.75 Å². The van der Waals surface area contributed by atoms with Crippen molar-refractivity contribution in [2.24, 2.45) is 5.41 Å². The second-order valence-electron chi connectivity index (χ2n) is 4.79. The van der Waals surface area contributed by atoms with Crippen molar-refractivity contribution in [1.82, 2.24) is 4.98 Å². The van der Waals surface area contributed by atoms with Gasteiger partial charge in [-0.25, -0.2) is 4.98 Å². The maximum atomic E-state index is 11.5. The van der Waals surface area contributed by atoms with Gasteiger partial charge in [-0.15, -0.1) is 11.8 Å². The molecule has 0 aromatic carbocycles. The quantitative estimate of drug-likeness (QED) is 0.611. The summed E-state index contributed by atoms with van der Waals surface area (Å²) in [5.41, 5.74) is 1.71. The molecule has 0 aliphatic heterocycles.